The Hall–Kier alpha value is -1.62. The SMILES string of the molecule is CC[C@@H](N)c1ccc(N2CCNC(=O)C2C)cn1. The Labute approximate surface area is 107 Å². The van der Waals surface area contributed by atoms with Crippen molar-refractivity contribution in [2.24, 2.45) is 5.73 Å². The molecule has 0 saturated carbocycles. The molecule has 1 aromatic rings. The molecular formula is C13H20N4O. The van der Waals surface area contributed by atoms with Gasteiger partial charge in [-0.15, -0.1) is 0 Å². The predicted octanol–water partition coefficient (Wildman–Crippen LogP) is 0.816. The summed E-state index contributed by atoms with van der Waals surface area (Å²) in [5.74, 6) is 0.0654. The number of hydrogen-bond acceptors (Lipinski definition) is 4. The molecule has 5 heteroatoms. The third-order valence-electron chi connectivity index (χ3n) is 3.42. The molecule has 0 aromatic carbocycles. The summed E-state index contributed by atoms with van der Waals surface area (Å²) in [5.41, 5.74) is 7.81. The van der Waals surface area contributed by atoms with E-state index in [0.29, 0.717) is 6.54 Å². The number of piperazine rings is 1. The summed E-state index contributed by atoms with van der Waals surface area (Å²) < 4.78 is 0. The van der Waals surface area contributed by atoms with Crippen LogP contribution in [0.25, 0.3) is 0 Å². The van der Waals surface area contributed by atoms with E-state index >= 15 is 0 Å². The second kappa shape index (κ2) is 5.35. The lowest BCUT2D eigenvalue weighted by Crippen LogP contribution is -2.54. The van der Waals surface area contributed by atoms with Crippen LogP contribution in [0.15, 0.2) is 18.3 Å². The lowest BCUT2D eigenvalue weighted by atomic mass is 10.1. The fourth-order valence-electron chi connectivity index (χ4n) is 2.13. The quantitative estimate of drug-likeness (QED) is 0.830. The van der Waals surface area contributed by atoms with Crippen molar-refractivity contribution in [3.8, 4) is 0 Å². The molecule has 98 valence electrons. The summed E-state index contributed by atoms with van der Waals surface area (Å²) in [6.45, 7) is 5.44. The van der Waals surface area contributed by atoms with E-state index < -0.39 is 0 Å². The molecular weight excluding hydrogens is 228 g/mol. The minimum atomic E-state index is -0.147. The molecule has 0 radical (unpaired) electrons. The van der Waals surface area contributed by atoms with E-state index in [-0.39, 0.29) is 18.0 Å². The van der Waals surface area contributed by atoms with Gasteiger partial charge in [-0.25, -0.2) is 0 Å². The average Bonchev–Trinajstić information content (AvgIpc) is 2.41. The van der Waals surface area contributed by atoms with Crippen molar-refractivity contribution in [3.63, 3.8) is 0 Å². The third-order valence-corrected chi connectivity index (χ3v) is 3.42. The maximum absolute atomic E-state index is 11.6. The number of rotatable bonds is 3. The number of anilines is 1. The zero-order chi connectivity index (χ0) is 13.1. The van der Waals surface area contributed by atoms with Gasteiger partial charge in [-0.05, 0) is 25.5 Å². The van der Waals surface area contributed by atoms with Gasteiger partial charge >= 0.3 is 0 Å². The molecule has 2 rings (SSSR count). The molecule has 1 aromatic heterocycles. The largest absolute Gasteiger partial charge is 0.357 e. The van der Waals surface area contributed by atoms with Crippen LogP contribution < -0.4 is 16.0 Å². The van der Waals surface area contributed by atoms with Gasteiger partial charge in [-0.2, -0.15) is 0 Å². The molecule has 1 aliphatic rings. The second-order valence-electron chi connectivity index (χ2n) is 4.62. The maximum atomic E-state index is 11.6. The summed E-state index contributed by atoms with van der Waals surface area (Å²) in [4.78, 5) is 18.1. The Bertz CT molecular complexity index is 418. The highest BCUT2D eigenvalue weighted by molar-refractivity contribution is 5.86. The summed E-state index contributed by atoms with van der Waals surface area (Å²) in [7, 11) is 0. The van der Waals surface area contributed by atoms with Gasteiger partial charge in [0.1, 0.15) is 6.04 Å². The first-order chi connectivity index (χ1) is 8.63. The fraction of sp³-hybridized carbons (Fsp3) is 0.538. The van der Waals surface area contributed by atoms with Crippen LogP contribution in [0.2, 0.25) is 0 Å². The van der Waals surface area contributed by atoms with Crippen molar-refractivity contribution >= 4 is 11.6 Å². The molecule has 0 bridgehead atoms. The monoisotopic (exact) mass is 248 g/mol. The van der Waals surface area contributed by atoms with Crippen molar-refractivity contribution in [2.45, 2.75) is 32.4 Å². The molecule has 1 saturated heterocycles. The van der Waals surface area contributed by atoms with E-state index in [0.717, 1.165) is 24.3 Å². The summed E-state index contributed by atoms with van der Waals surface area (Å²) in [6, 6.07) is 3.78. The van der Waals surface area contributed by atoms with Crippen LogP contribution in [0.3, 0.4) is 0 Å². The van der Waals surface area contributed by atoms with Crippen LogP contribution in [-0.4, -0.2) is 30.0 Å². The van der Waals surface area contributed by atoms with Gasteiger partial charge < -0.3 is 16.0 Å². The molecule has 1 unspecified atom stereocenters. The van der Waals surface area contributed by atoms with Gasteiger partial charge in [0.25, 0.3) is 0 Å². The third kappa shape index (κ3) is 2.46. The molecule has 18 heavy (non-hydrogen) atoms. The number of pyridine rings is 1. The summed E-state index contributed by atoms with van der Waals surface area (Å²) in [5, 5.41) is 2.85. The number of aromatic nitrogens is 1. The van der Waals surface area contributed by atoms with Crippen LogP contribution in [0.1, 0.15) is 32.0 Å². The Morgan fingerprint density at radius 3 is 3.00 bits per heavy atom. The van der Waals surface area contributed by atoms with Gasteiger partial charge in [0.05, 0.1) is 17.6 Å². The smallest absolute Gasteiger partial charge is 0.242 e. The number of nitrogens with two attached hydrogens (primary N) is 1. The first kappa shape index (κ1) is 12.8. The zero-order valence-corrected chi connectivity index (χ0v) is 10.9. The van der Waals surface area contributed by atoms with E-state index in [2.05, 4.69) is 15.2 Å². The van der Waals surface area contributed by atoms with Gasteiger partial charge in [0.2, 0.25) is 5.91 Å². The first-order valence-electron chi connectivity index (χ1n) is 6.39. The molecule has 2 heterocycles. The maximum Gasteiger partial charge on any atom is 0.242 e. The summed E-state index contributed by atoms with van der Waals surface area (Å²) in [6.07, 6.45) is 2.68. The number of hydrogen-bond donors (Lipinski definition) is 2. The van der Waals surface area contributed by atoms with Gasteiger partial charge in [-0.1, -0.05) is 6.92 Å². The molecule has 2 atom stereocenters. The Morgan fingerprint density at radius 2 is 2.39 bits per heavy atom. The van der Waals surface area contributed by atoms with Gasteiger partial charge in [-0.3, -0.25) is 9.78 Å². The van der Waals surface area contributed by atoms with Crippen LogP contribution in [0.4, 0.5) is 5.69 Å². The Morgan fingerprint density at radius 1 is 1.61 bits per heavy atom. The van der Waals surface area contributed by atoms with Crippen LogP contribution in [-0.2, 0) is 4.79 Å². The van der Waals surface area contributed by atoms with Crippen molar-refractivity contribution in [2.75, 3.05) is 18.0 Å². The number of nitrogens with one attached hydrogen (secondary N) is 1. The second-order valence-corrected chi connectivity index (χ2v) is 4.62. The molecule has 3 N–H and O–H groups in total. The zero-order valence-electron chi connectivity index (χ0n) is 10.9. The van der Waals surface area contributed by atoms with Crippen molar-refractivity contribution in [1.82, 2.24) is 10.3 Å². The van der Waals surface area contributed by atoms with Gasteiger partial charge in [0.15, 0.2) is 0 Å². The molecule has 1 aliphatic heterocycles. The van der Waals surface area contributed by atoms with Crippen molar-refractivity contribution in [3.05, 3.63) is 24.0 Å². The van der Waals surface area contributed by atoms with E-state index in [1.54, 1.807) is 6.20 Å². The van der Waals surface area contributed by atoms with E-state index in [1.807, 2.05) is 26.0 Å². The van der Waals surface area contributed by atoms with Crippen molar-refractivity contribution in [1.29, 1.82) is 0 Å². The lowest BCUT2D eigenvalue weighted by molar-refractivity contribution is -0.122. The number of carbonyl (C=O) groups is 1. The normalized spacial score (nSPS) is 21.6. The van der Waals surface area contributed by atoms with Crippen LogP contribution in [0, 0.1) is 0 Å². The van der Waals surface area contributed by atoms with Crippen LogP contribution >= 0.6 is 0 Å². The molecule has 5 nitrogen and oxygen atoms in total. The van der Waals surface area contributed by atoms with Crippen molar-refractivity contribution < 1.29 is 4.79 Å². The first-order valence-corrected chi connectivity index (χ1v) is 6.39. The number of carbonyl (C=O) groups excluding carboxylic acids is 1. The number of nitrogens with zero attached hydrogens (tertiary/aromatic N) is 2. The highest BCUT2D eigenvalue weighted by Crippen LogP contribution is 2.20. The standard InChI is InChI=1S/C13H20N4O/c1-3-11(14)12-5-4-10(8-16-12)17-7-6-15-13(18)9(17)2/h4-5,8-9,11H,3,6-7,14H2,1-2H3,(H,15,18)/t9?,11-/m1/s1. The minimum absolute atomic E-state index is 0.0128. The highest BCUT2D eigenvalue weighted by atomic mass is 16.2. The van der Waals surface area contributed by atoms with Gasteiger partial charge in [0, 0.05) is 19.1 Å². The van der Waals surface area contributed by atoms with Crippen LogP contribution in [0.5, 0.6) is 0 Å². The number of amides is 1. The predicted molar refractivity (Wildman–Crippen MR) is 71.3 cm³/mol. The summed E-state index contributed by atoms with van der Waals surface area (Å²) >= 11 is 0. The van der Waals surface area contributed by atoms with E-state index in [4.69, 9.17) is 5.73 Å². The minimum Gasteiger partial charge on any atom is -0.357 e. The fourth-order valence-corrected chi connectivity index (χ4v) is 2.13. The molecule has 0 aliphatic carbocycles. The average molecular weight is 248 g/mol. The Kier molecular flexibility index (Phi) is 3.81. The Balaban J connectivity index is 2.16. The molecule has 0 spiro atoms. The van der Waals surface area contributed by atoms with E-state index in [1.165, 1.54) is 0 Å². The molecule has 1 fully saturated rings. The lowest BCUT2D eigenvalue weighted by Gasteiger charge is -2.34. The highest BCUT2D eigenvalue weighted by Gasteiger charge is 2.25. The van der Waals surface area contributed by atoms with E-state index in [9.17, 15) is 4.79 Å². The molecule has 1 amide bonds. The topological polar surface area (TPSA) is 71.2 Å².